The molecular weight excluding hydrogens is 180 g/mol. The van der Waals surface area contributed by atoms with Crippen molar-refractivity contribution in [2.75, 3.05) is 19.0 Å². The first kappa shape index (κ1) is 11.9. The molecule has 0 aliphatic rings. The summed E-state index contributed by atoms with van der Waals surface area (Å²) >= 11 is 0. The zero-order valence-corrected chi connectivity index (χ0v) is 8.14. The standard InChI is InChI=1S/C7H16O4S/c1-2-3-4-6-11-12(9,10)7-5-8/h8H,2-7H2,1H3. The lowest BCUT2D eigenvalue weighted by Gasteiger charge is -2.02. The third-order valence-electron chi connectivity index (χ3n) is 1.35. The molecule has 0 aromatic heterocycles. The molecule has 0 saturated heterocycles. The summed E-state index contributed by atoms with van der Waals surface area (Å²) in [6, 6.07) is 0. The van der Waals surface area contributed by atoms with Gasteiger partial charge in [-0.2, -0.15) is 8.42 Å². The van der Waals surface area contributed by atoms with E-state index < -0.39 is 10.1 Å². The van der Waals surface area contributed by atoms with E-state index in [2.05, 4.69) is 4.18 Å². The average molecular weight is 196 g/mol. The Labute approximate surface area is 73.7 Å². The van der Waals surface area contributed by atoms with Crippen LogP contribution in [0.3, 0.4) is 0 Å². The number of hydrogen-bond acceptors (Lipinski definition) is 4. The molecule has 0 spiro atoms. The van der Waals surface area contributed by atoms with E-state index >= 15 is 0 Å². The van der Waals surface area contributed by atoms with Crippen LogP contribution in [0.15, 0.2) is 0 Å². The van der Waals surface area contributed by atoms with Gasteiger partial charge in [-0.15, -0.1) is 0 Å². The Morgan fingerprint density at radius 2 is 2.00 bits per heavy atom. The molecule has 0 amide bonds. The summed E-state index contributed by atoms with van der Waals surface area (Å²) in [6.45, 7) is 1.88. The number of hydrogen-bond donors (Lipinski definition) is 1. The van der Waals surface area contributed by atoms with Crippen LogP contribution in [0.2, 0.25) is 0 Å². The van der Waals surface area contributed by atoms with Gasteiger partial charge in [-0.25, -0.2) is 0 Å². The smallest absolute Gasteiger partial charge is 0.269 e. The quantitative estimate of drug-likeness (QED) is 0.476. The highest BCUT2D eigenvalue weighted by Gasteiger charge is 2.08. The van der Waals surface area contributed by atoms with Crippen LogP contribution in [0.4, 0.5) is 0 Å². The molecule has 0 rings (SSSR count). The van der Waals surface area contributed by atoms with Gasteiger partial charge in [-0.3, -0.25) is 4.18 Å². The Morgan fingerprint density at radius 3 is 2.50 bits per heavy atom. The molecule has 4 nitrogen and oxygen atoms in total. The van der Waals surface area contributed by atoms with E-state index in [9.17, 15) is 8.42 Å². The minimum Gasteiger partial charge on any atom is -0.395 e. The molecule has 0 heterocycles. The third-order valence-corrected chi connectivity index (χ3v) is 2.56. The van der Waals surface area contributed by atoms with Gasteiger partial charge in [0.2, 0.25) is 0 Å². The summed E-state index contributed by atoms with van der Waals surface area (Å²) < 4.78 is 26.2. The van der Waals surface area contributed by atoms with Crippen molar-refractivity contribution < 1.29 is 17.7 Å². The van der Waals surface area contributed by atoms with E-state index in [1.54, 1.807) is 0 Å². The molecule has 0 unspecified atom stereocenters. The second-order valence-corrected chi connectivity index (χ2v) is 4.27. The summed E-state index contributed by atoms with van der Waals surface area (Å²) in [5, 5.41) is 8.35. The van der Waals surface area contributed by atoms with Gasteiger partial charge in [0.15, 0.2) is 0 Å². The maximum absolute atomic E-state index is 10.8. The highest BCUT2D eigenvalue weighted by molar-refractivity contribution is 7.86. The Balaban J connectivity index is 3.48. The monoisotopic (exact) mass is 196 g/mol. The molecule has 0 aromatic rings. The SMILES string of the molecule is CCCCCOS(=O)(=O)CCO. The Morgan fingerprint density at radius 1 is 1.33 bits per heavy atom. The highest BCUT2D eigenvalue weighted by Crippen LogP contribution is 1.98. The van der Waals surface area contributed by atoms with E-state index in [1.165, 1.54) is 0 Å². The van der Waals surface area contributed by atoms with E-state index in [0.717, 1.165) is 19.3 Å². The van der Waals surface area contributed by atoms with Crippen LogP contribution in [0.1, 0.15) is 26.2 Å². The van der Waals surface area contributed by atoms with Crippen molar-refractivity contribution in [1.29, 1.82) is 0 Å². The van der Waals surface area contributed by atoms with Crippen molar-refractivity contribution in [3.05, 3.63) is 0 Å². The zero-order valence-electron chi connectivity index (χ0n) is 7.32. The van der Waals surface area contributed by atoms with Crippen molar-refractivity contribution in [3.63, 3.8) is 0 Å². The van der Waals surface area contributed by atoms with Crippen LogP contribution >= 0.6 is 0 Å². The predicted octanol–water partition coefficient (Wildman–Crippen LogP) is 0.515. The molecule has 1 N–H and O–H groups in total. The summed E-state index contributed by atoms with van der Waals surface area (Å²) in [4.78, 5) is 0. The maximum atomic E-state index is 10.8. The van der Waals surface area contributed by atoms with Crippen LogP contribution in [-0.4, -0.2) is 32.5 Å². The molecule has 0 radical (unpaired) electrons. The van der Waals surface area contributed by atoms with E-state index in [4.69, 9.17) is 5.11 Å². The molecule has 74 valence electrons. The molecule has 0 aromatic carbocycles. The fraction of sp³-hybridized carbons (Fsp3) is 1.00. The van der Waals surface area contributed by atoms with Crippen molar-refractivity contribution in [2.45, 2.75) is 26.2 Å². The Bertz CT molecular complexity index is 186. The lowest BCUT2D eigenvalue weighted by Crippen LogP contribution is -2.13. The molecule has 0 saturated carbocycles. The minimum atomic E-state index is -3.46. The topological polar surface area (TPSA) is 63.6 Å². The lowest BCUT2D eigenvalue weighted by atomic mass is 10.3. The maximum Gasteiger partial charge on any atom is 0.269 e. The first-order chi connectivity index (χ1) is 5.62. The normalized spacial score (nSPS) is 11.8. The Kier molecular flexibility index (Phi) is 6.32. The third kappa shape index (κ3) is 6.57. The van der Waals surface area contributed by atoms with Gasteiger partial charge in [-0.1, -0.05) is 19.8 Å². The van der Waals surface area contributed by atoms with Gasteiger partial charge >= 0.3 is 0 Å². The van der Waals surface area contributed by atoms with Crippen molar-refractivity contribution in [3.8, 4) is 0 Å². The fourth-order valence-electron chi connectivity index (χ4n) is 0.709. The number of unbranched alkanes of at least 4 members (excludes halogenated alkanes) is 2. The molecule has 12 heavy (non-hydrogen) atoms. The number of rotatable bonds is 7. The molecule has 5 heteroatoms. The highest BCUT2D eigenvalue weighted by atomic mass is 32.2. The van der Waals surface area contributed by atoms with Gasteiger partial charge in [0, 0.05) is 0 Å². The largest absolute Gasteiger partial charge is 0.395 e. The van der Waals surface area contributed by atoms with Crippen LogP contribution in [0, 0.1) is 0 Å². The van der Waals surface area contributed by atoms with Gasteiger partial charge in [-0.05, 0) is 6.42 Å². The summed E-state index contributed by atoms with van der Waals surface area (Å²) in [5.74, 6) is -0.306. The lowest BCUT2D eigenvalue weighted by molar-refractivity contribution is 0.286. The second-order valence-electron chi connectivity index (χ2n) is 2.51. The fourth-order valence-corrected chi connectivity index (χ4v) is 1.42. The van der Waals surface area contributed by atoms with Crippen molar-refractivity contribution in [2.24, 2.45) is 0 Å². The van der Waals surface area contributed by atoms with Crippen LogP contribution < -0.4 is 0 Å². The van der Waals surface area contributed by atoms with Gasteiger partial charge in [0.05, 0.1) is 19.0 Å². The second kappa shape index (κ2) is 6.39. The zero-order chi connectivity index (χ0) is 9.45. The molecule has 0 atom stereocenters. The van der Waals surface area contributed by atoms with Gasteiger partial charge in [0.25, 0.3) is 10.1 Å². The predicted molar refractivity (Wildman–Crippen MR) is 46.3 cm³/mol. The molecule has 0 aliphatic carbocycles. The molecule has 0 aliphatic heterocycles. The molecular formula is C7H16O4S. The molecule has 0 bridgehead atoms. The van der Waals surface area contributed by atoms with E-state index in [0.29, 0.717) is 0 Å². The first-order valence-corrected chi connectivity index (χ1v) is 5.68. The summed E-state index contributed by atoms with van der Waals surface area (Å²) in [7, 11) is -3.46. The van der Waals surface area contributed by atoms with Crippen molar-refractivity contribution in [1.82, 2.24) is 0 Å². The minimum absolute atomic E-state index is 0.232. The van der Waals surface area contributed by atoms with E-state index in [-0.39, 0.29) is 19.0 Å². The van der Waals surface area contributed by atoms with Gasteiger partial charge < -0.3 is 5.11 Å². The van der Waals surface area contributed by atoms with E-state index in [1.807, 2.05) is 6.92 Å². The van der Waals surface area contributed by atoms with Crippen LogP contribution in [0.5, 0.6) is 0 Å². The Hall–Kier alpha value is -0.130. The van der Waals surface area contributed by atoms with Crippen LogP contribution in [-0.2, 0) is 14.3 Å². The first-order valence-electron chi connectivity index (χ1n) is 4.10. The number of aliphatic hydroxyl groups is 1. The van der Waals surface area contributed by atoms with Crippen molar-refractivity contribution >= 4 is 10.1 Å². The molecule has 0 fully saturated rings. The summed E-state index contributed by atoms with van der Waals surface area (Å²) in [6.07, 6.45) is 2.75. The average Bonchev–Trinajstić information content (AvgIpc) is 1.98. The number of aliphatic hydroxyl groups excluding tert-OH is 1. The van der Waals surface area contributed by atoms with Gasteiger partial charge in [0.1, 0.15) is 0 Å². The van der Waals surface area contributed by atoms with Crippen LogP contribution in [0.25, 0.3) is 0 Å². The summed E-state index contributed by atoms with van der Waals surface area (Å²) in [5.41, 5.74) is 0.